The van der Waals surface area contributed by atoms with Crippen LogP contribution in [0, 0.1) is 22.7 Å². The van der Waals surface area contributed by atoms with Crippen LogP contribution in [0.4, 0.5) is 0 Å². The van der Waals surface area contributed by atoms with E-state index in [1.807, 2.05) is 18.4 Å². The van der Waals surface area contributed by atoms with E-state index in [1.165, 1.54) is 5.56 Å². The lowest BCUT2D eigenvalue weighted by atomic mass is 9.48. The fourth-order valence-electron chi connectivity index (χ4n) is 4.79. The first-order valence-electron chi connectivity index (χ1n) is 8.51. The largest absolute Gasteiger partial charge is 0.478 e. The zero-order chi connectivity index (χ0) is 16.7. The van der Waals surface area contributed by atoms with E-state index < -0.39 is 5.97 Å². The lowest BCUT2D eigenvalue weighted by Crippen LogP contribution is -2.50. The molecule has 1 aromatic heterocycles. The molecule has 0 amide bonds. The standard InChI is InChI=1S/C20H26O3/c1-14-7-10-20(3)16(18(21)22)5-4-6-17(20)19(14,2)11-8-15-9-12-23-13-15/h4-6,9,12-14,17H,7-8,10-11H2,1-3H3,(H,21,22)/t14-,17-,19+,20+/m1/s1. The topological polar surface area (TPSA) is 50.4 Å². The average molecular weight is 314 g/mol. The van der Waals surface area contributed by atoms with E-state index in [9.17, 15) is 9.90 Å². The molecule has 0 bridgehead atoms. The van der Waals surface area contributed by atoms with Crippen molar-refractivity contribution < 1.29 is 14.3 Å². The summed E-state index contributed by atoms with van der Waals surface area (Å²) in [5.74, 6) is 0.0700. The van der Waals surface area contributed by atoms with Gasteiger partial charge in [0, 0.05) is 11.0 Å². The van der Waals surface area contributed by atoms with Crippen molar-refractivity contribution in [3.05, 3.63) is 48.0 Å². The van der Waals surface area contributed by atoms with Crippen molar-refractivity contribution in [2.24, 2.45) is 22.7 Å². The predicted molar refractivity (Wildman–Crippen MR) is 90.0 cm³/mol. The van der Waals surface area contributed by atoms with Gasteiger partial charge in [0.2, 0.25) is 0 Å². The molecule has 3 rings (SSSR count). The third kappa shape index (κ3) is 2.56. The van der Waals surface area contributed by atoms with E-state index in [4.69, 9.17) is 4.42 Å². The molecule has 2 aliphatic carbocycles. The number of aryl methyl sites for hydroxylation is 1. The van der Waals surface area contributed by atoms with E-state index in [0.29, 0.717) is 11.5 Å². The fourth-order valence-corrected chi connectivity index (χ4v) is 4.79. The zero-order valence-electron chi connectivity index (χ0n) is 14.2. The lowest BCUT2D eigenvalue weighted by Gasteiger charge is -2.56. The third-order valence-electron chi connectivity index (χ3n) is 6.56. The second-order valence-electron chi connectivity index (χ2n) is 7.74. The number of rotatable bonds is 4. The Morgan fingerprint density at radius 2 is 2.22 bits per heavy atom. The smallest absolute Gasteiger partial charge is 0.332 e. The normalized spacial score (nSPS) is 36.4. The minimum atomic E-state index is -0.770. The van der Waals surface area contributed by atoms with Crippen LogP contribution in [0.2, 0.25) is 0 Å². The van der Waals surface area contributed by atoms with Crippen LogP contribution >= 0.6 is 0 Å². The molecule has 1 heterocycles. The van der Waals surface area contributed by atoms with Gasteiger partial charge in [0.15, 0.2) is 0 Å². The van der Waals surface area contributed by atoms with Gasteiger partial charge < -0.3 is 9.52 Å². The molecule has 1 aromatic rings. The molecule has 23 heavy (non-hydrogen) atoms. The summed E-state index contributed by atoms with van der Waals surface area (Å²) in [7, 11) is 0. The molecule has 1 saturated carbocycles. The van der Waals surface area contributed by atoms with Crippen LogP contribution in [0.25, 0.3) is 0 Å². The van der Waals surface area contributed by atoms with Gasteiger partial charge in [-0.3, -0.25) is 0 Å². The highest BCUT2D eigenvalue weighted by Crippen LogP contribution is 2.60. The second kappa shape index (κ2) is 5.70. The zero-order valence-corrected chi connectivity index (χ0v) is 14.2. The summed E-state index contributed by atoms with van der Waals surface area (Å²) < 4.78 is 5.19. The van der Waals surface area contributed by atoms with Gasteiger partial charge in [0.05, 0.1) is 12.5 Å². The highest BCUT2D eigenvalue weighted by Gasteiger charge is 2.54. The average Bonchev–Trinajstić information content (AvgIpc) is 3.02. The first-order valence-corrected chi connectivity index (χ1v) is 8.51. The van der Waals surface area contributed by atoms with Gasteiger partial charge in [-0.05, 0) is 54.6 Å². The number of hydrogen-bond acceptors (Lipinski definition) is 2. The number of carboxylic acid groups (broad SMARTS) is 1. The Morgan fingerprint density at radius 1 is 1.43 bits per heavy atom. The van der Waals surface area contributed by atoms with Gasteiger partial charge in [-0.15, -0.1) is 0 Å². The maximum atomic E-state index is 11.7. The third-order valence-corrected chi connectivity index (χ3v) is 6.56. The monoisotopic (exact) mass is 314 g/mol. The number of fused-ring (bicyclic) bond motifs is 1. The van der Waals surface area contributed by atoms with Gasteiger partial charge in [-0.2, -0.15) is 0 Å². The summed E-state index contributed by atoms with van der Waals surface area (Å²) >= 11 is 0. The molecule has 3 heteroatoms. The second-order valence-corrected chi connectivity index (χ2v) is 7.74. The molecule has 0 aliphatic heterocycles. The van der Waals surface area contributed by atoms with Crippen LogP contribution in [0.5, 0.6) is 0 Å². The van der Waals surface area contributed by atoms with E-state index >= 15 is 0 Å². The SMILES string of the molecule is C[C@@H]1CC[C@@]2(C)C(C(=O)O)=CC=C[C@@H]2[C@@]1(C)CCc1ccoc1. The lowest BCUT2D eigenvalue weighted by molar-refractivity contribution is -0.135. The quantitative estimate of drug-likeness (QED) is 0.864. The Labute approximate surface area is 138 Å². The number of furan rings is 1. The number of aliphatic carboxylic acids is 1. The summed E-state index contributed by atoms with van der Waals surface area (Å²) in [6.45, 7) is 6.81. The maximum absolute atomic E-state index is 11.7. The van der Waals surface area contributed by atoms with E-state index in [0.717, 1.165) is 25.7 Å². The van der Waals surface area contributed by atoms with Crippen molar-refractivity contribution in [2.45, 2.75) is 46.5 Å². The van der Waals surface area contributed by atoms with Crippen LogP contribution in [-0.2, 0) is 11.2 Å². The van der Waals surface area contributed by atoms with Crippen molar-refractivity contribution in [3.8, 4) is 0 Å². The number of carbonyl (C=O) groups is 1. The van der Waals surface area contributed by atoms with E-state index in [1.54, 1.807) is 12.3 Å². The molecule has 124 valence electrons. The first kappa shape index (κ1) is 16.1. The molecule has 0 spiro atoms. The minimum Gasteiger partial charge on any atom is -0.478 e. The highest BCUT2D eigenvalue weighted by molar-refractivity contribution is 5.89. The van der Waals surface area contributed by atoms with Crippen molar-refractivity contribution in [1.29, 1.82) is 0 Å². The summed E-state index contributed by atoms with van der Waals surface area (Å²) in [5, 5.41) is 9.64. The van der Waals surface area contributed by atoms with Gasteiger partial charge in [-0.1, -0.05) is 39.0 Å². The number of allylic oxidation sites excluding steroid dienone is 3. The Morgan fingerprint density at radius 3 is 2.87 bits per heavy atom. The van der Waals surface area contributed by atoms with Gasteiger partial charge >= 0.3 is 5.97 Å². The van der Waals surface area contributed by atoms with Crippen molar-refractivity contribution in [2.75, 3.05) is 0 Å². The van der Waals surface area contributed by atoms with E-state index in [2.05, 4.69) is 26.8 Å². The molecule has 0 radical (unpaired) electrons. The fraction of sp³-hybridized carbons (Fsp3) is 0.550. The van der Waals surface area contributed by atoms with Crippen LogP contribution in [0.1, 0.15) is 45.6 Å². The Hall–Kier alpha value is -1.77. The number of carboxylic acids is 1. The van der Waals surface area contributed by atoms with Crippen LogP contribution < -0.4 is 0 Å². The van der Waals surface area contributed by atoms with Crippen molar-refractivity contribution in [1.82, 2.24) is 0 Å². The van der Waals surface area contributed by atoms with Crippen molar-refractivity contribution >= 4 is 5.97 Å². The molecule has 0 aromatic carbocycles. The first-order chi connectivity index (χ1) is 10.9. The van der Waals surface area contributed by atoms with E-state index in [-0.39, 0.29) is 16.7 Å². The van der Waals surface area contributed by atoms with Crippen LogP contribution in [0.15, 0.2) is 46.8 Å². The highest BCUT2D eigenvalue weighted by atomic mass is 16.4. The molecular weight excluding hydrogens is 288 g/mol. The predicted octanol–water partition coefficient (Wildman–Crippen LogP) is 4.85. The molecule has 3 nitrogen and oxygen atoms in total. The summed E-state index contributed by atoms with van der Waals surface area (Å²) in [4.78, 5) is 11.7. The molecule has 0 unspecified atom stereocenters. The summed E-state index contributed by atoms with van der Waals surface area (Å²) in [6.07, 6.45) is 13.6. The summed E-state index contributed by atoms with van der Waals surface area (Å²) in [6, 6.07) is 2.02. The van der Waals surface area contributed by atoms with Gasteiger partial charge in [0.1, 0.15) is 0 Å². The maximum Gasteiger partial charge on any atom is 0.332 e. The van der Waals surface area contributed by atoms with Gasteiger partial charge in [0.25, 0.3) is 0 Å². The molecule has 0 saturated heterocycles. The Balaban J connectivity index is 1.91. The summed E-state index contributed by atoms with van der Waals surface area (Å²) in [5.41, 5.74) is 1.62. The van der Waals surface area contributed by atoms with Gasteiger partial charge in [-0.25, -0.2) is 4.79 Å². The molecule has 1 fully saturated rings. The molecule has 2 aliphatic rings. The Kier molecular flexibility index (Phi) is 3.99. The number of hydrogen-bond donors (Lipinski definition) is 1. The van der Waals surface area contributed by atoms with Crippen LogP contribution in [-0.4, -0.2) is 11.1 Å². The minimum absolute atomic E-state index is 0.0930. The van der Waals surface area contributed by atoms with Crippen LogP contribution in [0.3, 0.4) is 0 Å². The van der Waals surface area contributed by atoms with Crippen molar-refractivity contribution in [3.63, 3.8) is 0 Å². The molecule has 4 atom stereocenters. The molecular formula is C20H26O3. The molecule has 1 N–H and O–H groups in total. The Bertz CT molecular complexity index is 640.